The van der Waals surface area contributed by atoms with Gasteiger partial charge >= 0.3 is 0 Å². The lowest BCUT2D eigenvalue weighted by Crippen LogP contribution is -2.45. The second-order valence-electron chi connectivity index (χ2n) is 6.91. The van der Waals surface area contributed by atoms with E-state index in [0.717, 1.165) is 5.75 Å². The van der Waals surface area contributed by atoms with Crippen molar-refractivity contribution in [1.82, 2.24) is 5.32 Å². The van der Waals surface area contributed by atoms with Gasteiger partial charge in [-0.2, -0.15) is 12.6 Å². The molecule has 21 heavy (non-hydrogen) atoms. The van der Waals surface area contributed by atoms with Crippen LogP contribution in [0.15, 0.2) is 0 Å². The second-order valence-corrected chi connectivity index (χ2v) is 7.36. The zero-order chi connectivity index (χ0) is 16.0. The molecule has 2 atom stereocenters. The molecule has 0 rings (SSSR count). The average Bonchev–Trinajstić information content (AvgIpc) is 2.50. The Labute approximate surface area is 140 Å². The van der Waals surface area contributed by atoms with E-state index in [1.165, 1.54) is 81.9 Å². The molecule has 0 aliphatic heterocycles. The van der Waals surface area contributed by atoms with Crippen molar-refractivity contribution >= 4 is 12.6 Å². The van der Waals surface area contributed by atoms with E-state index in [1.54, 1.807) is 0 Å². The van der Waals surface area contributed by atoms with Crippen LogP contribution in [0.1, 0.15) is 71.6 Å². The maximum Gasteiger partial charge on any atom is 0.0784 e. The highest BCUT2D eigenvalue weighted by molar-refractivity contribution is 7.80. The van der Waals surface area contributed by atoms with E-state index in [-0.39, 0.29) is 0 Å². The van der Waals surface area contributed by atoms with Crippen molar-refractivity contribution < 1.29 is 4.48 Å². The van der Waals surface area contributed by atoms with E-state index in [1.807, 2.05) is 0 Å². The first-order valence-electron chi connectivity index (χ1n) is 9.19. The van der Waals surface area contributed by atoms with Crippen LogP contribution in [-0.2, 0) is 0 Å². The summed E-state index contributed by atoms with van der Waals surface area (Å²) in [6, 6.07) is 0.683. The van der Waals surface area contributed by atoms with Crippen LogP contribution < -0.4 is 5.32 Å². The number of nitrogens with one attached hydrogen (secondary N) is 1. The fraction of sp³-hybridized carbons (Fsp3) is 1.00. The van der Waals surface area contributed by atoms with Gasteiger partial charge in [-0.1, -0.05) is 19.3 Å². The Balaban J connectivity index is 3.57. The molecule has 2 nitrogen and oxygen atoms in total. The molecule has 0 saturated carbocycles. The molecular weight excluding hydrogens is 276 g/mol. The van der Waals surface area contributed by atoms with Crippen LogP contribution in [0, 0.1) is 0 Å². The van der Waals surface area contributed by atoms with Crippen LogP contribution >= 0.6 is 12.6 Å². The van der Waals surface area contributed by atoms with Gasteiger partial charge in [0.05, 0.1) is 26.7 Å². The van der Waals surface area contributed by atoms with E-state index in [9.17, 15) is 0 Å². The molecule has 0 heterocycles. The molecular formula is C18H41N2S+. The molecule has 0 aromatic rings. The normalized spacial score (nSPS) is 15.9. The minimum Gasteiger partial charge on any atom is -0.326 e. The highest BCUT2D eigenvalue weighted by atomic mass is 32.1. The highest BCUT2D eigenvalue weighted by Gasteiger charge is 2.17. The zero-order valence-electron chi connectivity index (χ0n) is 15.2. The molecule has 0 aliphatic rings. The lowest BCUT2D eigenvalue weighted by molar-refractivity contribution is -0.908. The fourth-order valence-corrected chi connectivity index (χ4v) is 3.05. The van der Waals surface area contributed by atoms with Crippen molar-refractivity contribution in [2.75, 3.05) is 39.5 Å². The van der Waals surface area contributed by atoms with Gasteiger partial charge in [-0.25, -0.2) is 0 Å². The smallest absolute Gasteiger partial charge is 0.0784 e. The van der Waals surface area contributed by atoms with E-state index >= 15 is 0 Å². The van der Waals surface area contributed by atoms with Gasteiger partial charge in [0, 0.05) is 6.04 Å². The topological polar surface area (TPSA) is 12.0 Å². The van der Waals surface area contributed by atoms with Crippen molar-refractivity contribution in [3.05, 3.63) is 0 Å². The first-order valence-corrected chi connectivity index (χ1v) is 9.83. The van der Waals surface area contributed by atoms with Gasteiger partial charge in [0.25, 0.3) is 0 Å². The number of quaternary nitrogens is 1. The van der Waals surface area contributed by atoms with Crippen molar-refractivity contribution in [3.8, 4) is 0 Å². The average molecular weight is 318 g/mol. The Hall–Kier alpha value is 0.270. The first kappa shape index (κ1) is 21.3. The van der Waals surface area contributed by atoms with E-state index in [2.05, 4.69) is 45.9 Å². The van der Waals surface area contributed by atoms with Gasteiger partial charge in [0.2, 0.25) is 0 Å². The van der Waals surface area contributed by atoms with E-state index < -0.39 is 0 Å². The Kier molecular flexibility index (Phi) is 14.1. The van der Waals surface area contributed by atoms with Crippen LogP contribution in [0.5, 0.6) is 0 Å². The molecule has 0 saturated heterocycles. The molecule has 0 aromatic heterocycles. The maximum absolute atomic E-state index is 4.30. The predicted molar refractivity (Wildman–Crippen MR) is 100 cm³/mol. The third-order valence-corrected chi connectivity index (χ3v) is 5.26. The van der Waals surface area contributed by atoms with Crippen LogP contribution in [0.25, 0.3) is 0 Å². The number of rotatable bonds is 15. The molecule has 0 fully saturated rings. The molecule has 0 amide bonds. The maximum atomic E-state index is 4.30. The predicted octanol–water partition coefficient (Wildman–Crippen LogP) is 4.50. The van der Waals surface area contributed by atoms with Gasteiger partial charge in [0.15, 0.2) is 0 Å². The first-order chi connectivity index (χ1) is 10.1. The number of hydrogen-bond acceptors (Lipinski definition) is 2. The summed E-state index contributed by atoms with van der Waals surface area (Å²) in [5, 5.41) is 3.32. The van der Waals surface area contributed by atoms with E-state index in [4.69, 9.17) is 0 Å². The lowest BCUT2D eigenvalue weighted by atomic mass is 10.1. The molecule has 2 unspecified atom stereocenters. The summed E-state index contributed by atoms with van der Waals surface area (Å²) in [5.74, 6) is 1.04. The van der Waals surface area contributed by atoms with Gasteiger partial charge in [-0.3, -0.25) is 0 Å². The summed E-state index contributed by atoms with van der Waals surface area (Å²) in [6.45, 7) is 8.62. The molecule has 0 bridgehead atoms. The Morgan fingerprint density at radius 3 is 1.95 bits per heavy atom. The Morgan fingerprint density at radius 1 is 0.905 bits per heavy atom. The molecule has 0 aliphatic carbocycles. The van der Waals surface area contributed by atoms with Crippen LogP contribution in [0.2, 0.25) is 0 Å². The largest absolute Gasteiger partial charge is 0.326 e. The SMILES string of the molecule is CC[N+](C)(CCCCCS)CCCCCCCC(C)NC. The van der Waals surface area contributed by atoms with Crippen LogP contribution in [-0.4, -0.2) is 50.0 Å². The molecule has 0 aromatic carbocycles. The van der Waals surface area contributed by atoms with Gasteiger partial charge in [-0.05, 0) is 65.2 Å². The summed E-state index contributed by atoms with van der Waals surface area (Å²) >= 11 is 4.30. The Morgan fingerprint density at radius 2 is 1.43 bits per heavy atom. The van der Waals surface area contributed by atoms with Gasteiger partial charge in [0.1, 0.15) is 0 Å². The van der Waals surface area contributed by atoms with Gasteiger partial charge < -0.3 is 9.80 Å². The number of thiol groups is 1. The minimum absolute atomic E-state index is 0.683. The Bertz CT molecular complexity index is 223. The van der Waals surface area contributed by atoms with Crippen molar-refractivity contribution in [2.45, 2.75) is 77.7 Å². The third kappa shape index (κ3) is 12.5. The third-order valence-electron chi connectivity index (χ3n) is 4.95. The second kappa shape index (κ2) is 13.9. The van der Waals surface area contributed by atoms with Crippen molar-refractivity contribution in [1.29, 1.82) is 0 Å². The van der Waals surface area contributed by atoms with Gasteiger partial charge in [-0.15, -0.1) is 0 Å². The molecule has 1 N–H and O–H groups in total. The number of hydrogen-bond donors (Lipinski definition) is 2. The molecule has 0 spiro atoms. The zero-order valence-corrected chi connectivity index (χ0v) is 16.1. The quantitative estimate of drug-likeness (QED) is 0.257. The molecule has 128 valence electrons. The minimum atomic E-state index is 0.683. The molecule has 3 heteroatoms. The standard InChI is InChI=1S/C18H40N2S/c1-5-20(4,16-12-9-13-17-21)15-11-8-6-7-10-14-18(2)19-3/h18-19H,5-17H2,1-4H3/p+1. The van der Waals surface area contributed by atoms with Crippen LogP contribution in [0.4, 0.5) is 0 Å². The number of nitrogens with zero attached hydrogens (tertiary/aromatic N) is 1. The van der Waals surface area contributed by atoms with Crippen LogP contribution in [0.3, 0.4) is 0 Å². The number of unbranched alkanes of at least 4 members (excludes halogenated alkanes) is 6. The highest BCUT2D eigenvalue weighted by Crippen LogP contribution is 2.12. The summed E-state index contributed by atoms with van der Waals surface area (Å²) in [4.78, 5) is 0. The van der Waals surface area contributed by atoms with E-state index in [0.29, 0.717) is 6.04 Å². The molecule has 0 radical (unpaired) electrons. The summed E-state index contributed by atoms with van der Waals surface area (Å²) in [5.41, 5.74) is 0. The van der Waals surface area contributed by atoms with Crippen molar-refractivity contribution in [3.63, 3.8) is 0 Å². The fourth-order valence-electron chi connectivity index (χ4n) is 2.83. The summed E-state index contributed by atoms with van der Waals surface area (Å²) in [6.07, 6.45) is 12.3. The lowest BCUT2D eigenvalue weighted by Gasteiger charge is -2.33. The summed E-state index contributed by atoms with van der Waals surface area (Å²) < 4.78 is 1.27. The summed E-state index contributed by atoms with van der Waals surface area (Å²) in [7, 11) is 4.50. The monoisotopic (exact) mass is 317 g/mol. The van der Waals surface area contributed by atoms with Crippen molar-refractivity contribution in [2.24, 2.45) is 0 Å².